The Bertz CT molecular complexity index is 1070. The summed E-state index contributed by atoms with van der Waals surface area (Å²) in [5, 5.41) is 3.30. The van der Waals surface area contributed by atoms with E-state index in [-0.39, 0.29) is 36.3 Å². The number of nitrogens with one attached hydrogen (secondary N) is 1. The zero-order chi connectivity index (χ0) is 28.4. The van der Waals surface area contributed by atoms with Crippen molar-refractivity contribution in [2.45, 2.75) is 45.4 Å². The molecule has 1 unspecified atom stereocenters. The highest BCUT2D eigenvalue weighted by Crippen LogP contribution is 2.30. The van der Waals surface area contributed by atoms with E-state index < -0.39 is 6.36 Å². The van der Waals surface area contributed by atoms with Crippen molar-refractivity contribution < 1.29 is 41.7 Å². The summed E-state index contributed by atoms with van der Waals surface area (Å²) >= 11 is 0. The van der Waals surface area contributed by atoms with Crippen LogP contribution in [0.1, 0.15) is 36.2 Å². The number of rotatable bonds is 14. The SMILES string of the molecule is COCCCOc1cc(C(=O)N(C[C@@H]2CNCC2OCc2cccc(OC(F)(F)F)c2)C(C)C)ccc1OC. The molecule has 0 bridgehead atoms. The highest BCUT2D eigenvalue weighted by Gasteiger charge is 2.33. The van der Waals surface area contributed by atoms with Crippen LogP contribution < -0.4 is 19.5 Å². The molecule has 2 aromatic rings. The summed E-state index contributed by atoms with van der Waals surface area (Å²) in [4.78, 5) is 15.4. The number of ether oxygens (including phenoxy) is 5. The van der Waals surface area contributed by atoms with Crippen LogP contribution in [0.5, 0.6) is 17.2 Å². The van der Waals surface area contributed by atoms with Gasteiger partial charge in [-0.05, 0) is 49.7 Å². The first-order valence-electron chi connectivity index (χ1n) is 12.9. The van der Waals surface area contributed by atoms with Crippen molar-refractivity contribution in [1.82, 2.24) is 10.2 Å². The number of benzene rings is 2. The van der Waals surface area contributed by atoms with Gasteiger partial charge in [0, 0.05) is 57.3 Å². The lowest BCUT2D eigenvalue weighted by Gasteiger charge is -2.31. The van der Waals surface area contributed by atoms with Crippen molar-refractivity contribution in [2.75, 3.05) is 47.1 Å². The van der Waals surface area contributed by atoms with Crippen LogP contribution in [-0.4, -0.2) is 76.4 Å². The monoisotopic (exact) mass is 554 g/mol. The molecule has 1 fully saturated rings. The number of nitrogens with zero attached hydrogens (tertiary/aromatic N) is 1. The van der Waals surface area contributed by atoms with Gasteiger partial charge >= 0.3 is 6.36 Å². The standard InChI is InChI=1S/C28H37F3N2O6/c1-19(2)33(27(34)21-9-10-24(36-4)25(14-21)37-12-6-11-35-3)17-22-15-32-16-26(22)38-18-20-7-5-8-23(13-20)39-28(29,30)31/h5,7-10,13-14,19,22,26,32H,6,11-12,15-18H2,1-4H3/t22-,26?/m0/s1. The second-order valence-corrected chi connectivity index (χ2v) is 9.57. The number of halogens is 3. The Balaban J connectivity index is 1.66. The second-order valence-electron chi connectivity index (χ2n) is 9.57. The average Bonchev–Trinajstić information content (AvgIpc) is 3.34. The van der Waals surface area contributed by atoms with Gasteiger partial charge in [0.05, 0.1) is 26.4 Å². The van der Waals surface area contributed by atoms with E-state index in [9.17, 15) is 18.0 Å². The highest BCUT2D eigenvalue weighted by atomic mass is 19.4. The van der Waals surface area contributed by atoms with Crippen molar-refractivity contribution in [3.8, 4) is 17.2 Å². The number of carbonyl (C=O) groups excluding carboxylic acids is 1. The van der Waals surface area contributed by atoms with E-state index in [0.717, 1.165) is 0 Å². The van der Waals surface area contributed by atoms with Crippen LogP contribution >= 0.6 is 0 Å². The molecule has 1 aliphatic heterocycles. The van der Waals surface area contributed by atoms with Gasteiger partial charge in [0.25, 0.3) is 5.91 Å². The summed E-state index contributed by atoms with van der Waals surface area (Å²) in [6.45, 7) is 6.68. The summed E-state index contributed by atoms with van der Waals surface area (Å²) in [6, 6.07) is 10.8. The van der Waals surface area contributed by atoms with Crippen molar-refractivity contribution >= 4 is 5.91 Å². The molecule has 0 aromatic heterocycles. The summed E-state index contributed by atoms with van der Waals surface area (Å²) < 4.78 is 64.1. The first-order chi connectivity index (χ1) is 18.6. The summed E-state index contributed by atoms with van der Waals surface area (Å²) in [5.74, 6) is 0.593. The molecular formula is C28H37F3N2O6. The van der Waals surface area contributed by atoms with E-state index >= 15 is 0 Å². The number of carbonyl (C=O) groups is 1. The zero-order valence-electron chi connectivity index (χ0n) is 22.8. The van der Waals surface area contributed by atoms with E-state index in [4.69, 9.17) is 18.9 Å². The lowest BCUT2D eigenvalue weighted by atomic mass is 10.0. The maximum absolute atomic E-state index is 13.6. The van der Waals surface area contributed by atoms with Gasteiger partial charge in [-0.25, -0.2) is 0 Å². The van der Waals surface area contributed by atoms with E-state index in [2.05, 4.69) is 10.1 Å². The molecule has 1 heterocycles. The molecule has 1 amide bonds. The number of amides is 1. The predicted molar refractivity (Wildman–Crippen MR) is 139 cm³/mol. The Labute approximate surface area is 227 Å². The third kappa shape index (κ3) is 9.29. The Morgan fingerprint density at radius 1 is 1.08 bits per heavy atom. The minimum absolute atomic E-state index is 0.00558. The van der Waals surface area contributed by atoms with Crippen LogP contribution in [-0.2, 0) is 16.1 Å². The normalized spacial score (nSPS) is 17.3. The molecule has 0 spiro atoms. The number of methoxy groups -OCH3 is 2. The molecule has 11 heteroatoms. The van der Waals surface area contributed by atoms with Gasteiger partial charge < -0.3 is 33.9 Å². The second kappa shape index (κ2) is 14.4. The van der Waals surface area contributed by atoms with E-state index in [0.29, 0.717) is 61.9 Å². The molecule has 2 aromatic carbocycles. The Morgan fingerprint density at radius 2 is 1.87 bits per heavy atom. The first-order valence-corrected chi connectivity index (χ1v) is 12.9. The van der Waals surface area contributed by atoms with Crippen LogP contribution in [0.2, 0.25) is 0 Å². The summed E-state index contributed by atoms with van der Waals surface area (Å²) in [6.07, 6.45) is -4.28. The largest absolute Gasteiger partial charge is 0.573 e. The topological polar surface area (TPSA) is 78.5 Å². The number of alkyl halides is 3. The molecule has 1 saturated heterocycles. The minimum atomic E-state index is -4.76. The lowest BCUT2D eigenvalue weighted by Crippen LogP contribution is -2.43. The van der Waals surface area contributed by atoms with Gasteiger partial charge in [-0.1, -0.05) is 12.1 Å². The van der Waals surface area contributed by atoms with Crippen molar-refractivity contribution in [1.29, 1.82) is 0 Å². The van der Waals surface area contributed by atoms with Crippen LogP contribution in [0.25, 0.3) is 0 Å². The van der Waals surface area contributed by atoms with E-state index in [1.807, 2.05) is 13.8 Å². The Kier molecular flexibility index (Phi) is 11.3. The molecule has 0 saturated carbocycles. The van der Waals surface area contributed by atoms with Gasteiger partial charge in [0.15, 0.2) is 11.5 Å². The first kappa shape index (κ1) is 30.5. The molecule has 1 N–H and O–H groups in total. The fourth-order valence-electron chi connectivity index (χ4n) is 4.38. The van der Waals surface area contributed by atoms with Crippen molar-refractivity contribution in [3.05, 3.63) is 53.6 Å². The average molecular weight is 555 g/mol. The van der Waals surface area contributed by atoms with Crippen molar-refractivity contribution in [2.24, 2.45) is 5.92 Å². The molecule has 8 nitrogen and oxygen atoms in total. The molecular weight excluding hydrogens is 517 g/mol. The smallest absolute Gasteiger partial charge is 0.493 e. The molecule has 39 heavy (non-hydrogen) atoms. The van der Waals surface area contributed by atoms with Gasteiger partial charge in [0.1, 0.15) is 5.75 Å². The minimum Gasteiger partial charge on any atom is -0.493 e. The third-order valence-corrected chi connectivity index (χ3v) is 6.35. The molecule has 216 valence electrons. The zero-order valence-corrected chi connectivity index (χ0v) is 22.8. The van der Waals surface area contributed by atoms with E-state index in [1.165, 1.54) is 18.2 Å². The van der Waals surface area contributed by atoms with Crippen molar-refractivity contribution in [3.63, 3.8) is 0 Å². The highest BCUT2D eigenvalue weighted by molar-refractivity contribution is 5.95. The third-order valence-electron chi connectivity index (χ3n) is 6.35. The Morgan fingerprint density at radius 3 is 2.56 bits per heavy atom. The van der Waals surface area contributed by atoms with E-state index in [1.54, 1.807) is 43.4 Å². The predicted octanol–water partition coefficient (Wildman–Crippen LogP) is 4.66. The maximum atomic E-state index is 13.6. The van der Waals surface area contributed by atoms with Crippen LogP contribution in [0.15, 0.2) is 42.5 Å². The molecule has 0 aliphatic carbocycles. The van der Waals surface area contributed by atoms with Crippen LogP contribution in [0.3, 0.4) is 0 Å². The fraction of sp³-hybridized carbons (Fsp3) is 0.536. The molecule has 0 radical (unpaired) electrons. The quantitative estimate of drug-likeness (QED) is 0.340. The fourth-order valence-corrected chi connectivity index (χ4v) is 4.38. The summed E-state index contributed by atoms with van der Waals surface area (Å²) in [7, 11) is 3.17. The van der Waals surface area contributed by atoms with Gasteiger partial charge in [0.2, 0.25) is 0 Å². The lowest BCUT2D eigenvalue weighted by molar-refractivity contribution is -0.274. The van der Waals surface area contributed by atoms with Crippen LogP contribution in [0, 0.1) is 5.92 Å². The molecule has 3 rings (SSSR count). The van der Waals surface area contributed by atoms with Gasteiger partial charge in [-0.15, -0.1) is 13.2 Å². The van der Waals surface area contributed by atoms with Gasteiger partial charge in [-0.2, -0.15) is 0 Å². The summed E-state index contributed by atoms with van der Waals surface area (Å²) in [5.41, 5.74) is 1.05. The molecule has 2 atom stereocenters. The maximum Gasteiger partial charge on any atom is 0.573 e. The number of hydrogen-bond donors (Lipinski definition) is 1. The molecule has 1 aliphatic rings. The number of hydrogen-bond acceptors (Lipinski definition) is 7. The van der Waals surface area contributed by atoms with Gasteiger partial charge in [-0.3, -0.25) is 4.79 Å². The Hall–Kier alpha value is -3.02. The van der Waals surface area contributed by atoms with Crippen LogP contribution in [0.4, 0.5) is 13.2 Å².